The molecule has 0 fully saturated rings. The van der Waals surface area contributed by atoms with Gasteiger partial charge in [0.15, 0.2) is 5.78 Å². The summed E-state index contributed by atoms with van der Waals surface area (Å²) in [4.78, 5) is 11.7. The first kappa shape index (κ1) is 12.5. The van der Waals surface area contributed by atoms with E-state index in [2.05, 4.69) is 0 Å². The van der Waals surface area contributed by atoms with Crippen LogP contribution in [0.5, 0.6) is 0 Å². The van der Waals surface area contributed by atoms with Crippen molar-refractivity contribution in [3.63, 3.8) is 0 Å². The molecular weight excluding hydrogens is 208 g/mol. The number of aliphatic hydroxyl groups is 2. The maximum Gasteiger partial charge on any atom is 0.195 e. The average molecular weight is 224 g/mol. The molecule has 5 nitrogen and oxygen atoms in total. The van der Waals surface area contributed by atoms with E-state index in [4.69, 9.17) is 16.6 Å². The summed E-state index contributed by atoms with van der Waals surface area (Å²) >= 11 is 0. The number of nitrogens with two attached hydrogens (primary N) is 2. The largest absolute Gasteiger partial charge is 0.398 e. The van der Waals surface area contributed by atoms with Crippen molar-refractivity contribution in [2.24, 2.45) is 0 Å². The molecule has 16 heavy (non-hydrogen) atoms. The molecule has 0 aliphatic heterocycles. The van der Waals surface area contributed by atoms with E-state index in [-0.39, 0.29) is 11.3 Å². The number of hydrogen-bond donors (Lipinski definition) is 4. The third-order valence-corrected chi connectivity index (χ3v) is 2.62. The van der Waals surface area contributed by atoms with Crippen molar-refractivity contribution >= 4 is 17.2 Å². The monoisotopic (exact) mass is 224 g/mol. The van der Waals surface area contributed by atoms with Crippen LogP contribution in [0, 0.1) is 13.8 Å². The molecule has 0 aromatic heterocycles. The summed E-state index contributed by atoms with van der Waals surface area (Å²) in [6.07, 6.45) is -1.44. The lowest BCUT2D eigenvalue weighted by molar-refractivity contribution is 0.0588. The van der Waals surface area contributed by atoms with Crippen LogP contribution >= 0.6 is 0 Å². The molecule has 1 aromatic carbocycles. The molecule has 0 bridgehead atoms. The van der Waals surface area contributed by atoms with Crippen LogP contribution in [0.2, 0.25) is 0 Å². The fourth-order valence-electron chi connectivity index (χ4n) is 1.48. The molecule has 0 radical (unpaired) electrons. The molecule has 0 saturated heterocycles. The molecule has 0 aliphatic rings. The Morgan fingerprint density at radius 3 is 2.44 bits per heavy atom. The third kappa shape index (κ3) is 2.00. The number of anilines is 2. The quantitative estimate of drug-likeness (QED) is 0.427. The van der Waals surface area contributed by atoms with Crippen molar-refractivity contribution in [3.8, 4) is 0 Å². The summed E-state index contributed by atoms with van der Waals surface area (Å²) in [5.74, 6) is -0.591. The number of benzene rings is 1. The summed E-state index contributed by atoms with van der Waals surface area (Å²) in [6.45, 7) is 2.84. The molecule has 1 atom stereocenters. The first-order valence-corrected chi connectivity index (χ1v) is 4.88. The molecule has 0 saturated carbocycles. The lowest BCUT2D eigenvalue weighted by atomic mass is 9.97. The Hall–Kier alpha value is -1.59. The molecular formula is C11H16N2O3. The molecule has 1 unspecified atom stereocenters. The zero-order chi connectivity index (χ0) is 12.5. The van der Waals surface area contributed by atoms with Gasteiger partial charge in [-0.2, -0.15) is 0 Å². The minimum Gasteiger partial charge on any atom is -0.398 e. The number of hydrogen-bond acceptors (Lipinski definition) is 5. The Balaban J connectivity index is 3.31. The van der Waals surface area contributed by atoms with E-state index >= 15 is 0 Å². The van der Waals surface area contributed by atoms with E-state index < -0.39 is 18.5 Å². The van der Waals surface area contributed by atoms with Gasteiger partial charge in [0.05, 0.1) is 6.61 Å². The maximum atomic E-state index is 11.7. The minimum absolute atomic E-state index is 0.200. The SMILES string of the molecule is Cc1cc(C(=O)C(O)CO)c(N)c(C)c1N. The van der Waals surface area contributed by atoms with Crippen molar-refractivity contribution in [2.45, 2.75) is 20.0 Å². The lowest BCUT2D eigenvalue weighted by Gasteiger charge is -2.14. The number of rotatable bonds is 3. The molecule has 1 aromatic rings. The van der Waals surface area contributed by atoms with Crippen molar-refractivity contribution in [3.05, 3.63) is 22.8 Å². The van der Waals surface area contributed by atoms with E-state index in [0.29, 0.717) is 11.3 Å². The van der Waals surface area contributed by atoms with Gasteiger partial charge in [-0.15, -0.1) is 0 Å². The molecule has 1 rings (SSSR count). The first-order chi connectivity index (χ1) is 7.40. The van der Waals surface area contributed by atoms with Crippen LogP contribution in [0.3, 0.4) is 0 Å². The topological polar surface area (TPSA) is 110 Å². The van der Waals surface area contributed by atoms with E-state index in [9.17, 15) is 9.90 Å². The predicted octanol–water partition coefficient (Wildman–Crippen LogP) is 0.00374. The normalized spacial score (nSPS) is 12.5. The van der Waals surface area contributed by atoms with E-state index in [1.54, 1.807) is 13.8 Å². The zero-order valence-corrected chi connectivity index (χ0v) is 9.32. The van der Waals surface area contributed by atoms with Gasteiger partial charge in [0.1, 0.15) is 6.10 Å². The minimum atomic E-state index is -1.44. The van der Waals surface area contributed by atoms with Crippen molar-refractivity contribution < 1.29 is 15.0 Å². The highest BCUT2D eigenvalue weighted by Gasteiger charge is 2.21. The first-order valence-electron chi connectivity index (χ1n) is 4.88. The maximum absolute atomic E-state index is 11.7. The summed E-state index contributed by atoms with van der Waals surface area (Å²) in [7, 11) is 0. The van der Waals surface area contributed by atoms with Crippen LogP contribution in [-0.2, 0) is 0 Å². The Kier molecular flexibility index (Phi) is 3.51. The van der Waals surface area contributed by atoms with Crippen LogP contribution in [0.1, 0.15) is 21.5 Å². The van der Waals surface area contributed by atoms with Gasteiger partial charge in [-0.05, 0) is 31.0 Å². The molecule has 88 valence electrons. The fourth-order valence-corrected chi connectivity index (χ4v) is 1.48. The van der Waals surface area contributed by atoms with E-state index in [0.717, 1.165) is 5.56 Å². The van der Waals surface area contributed by atoms with Crippen LogP contribution in [0.4, 0.5) is 11.4 Å². The van der Waals surface area contributed by atoms with Gasteiger partial charge in [-0.3, -0.25) is 4.79 Å². The van der Waals surface area contributed by atoms with Gasteiger partial charge in [-0.1, -0.05) is 0 Å². The van der Waals surface area contributed by atoms with Gasteiger partial charge >= 0.3 is 0 Å². The predicted molar refractivity (Wildman–Crippen MR) is 62.2 cm³/mol. The molecule has 5 heteroatoms. The Bertz CT molecular complexity index is 430. The average Bonchev–Trinajstić information content (AvgIpc) is 2.29. The molecule has 0 aliphatic carbocycles. The van der Waals surface area contributed by atoms with Crippen molar-refractivity contribution in [1.82, 2.24) is 0 Å². The summed E-state index contributed by atoms with van der Waals surface area (Å²) in [5.41, 5.74) is 13.8. The van der Waals surface area contributed by atoms with Gasteiger partial charge in [-0.25, -0.2) is 0 Å². The summed E-state index contributed by atoms with van der Waals surface area (Å²) < 4.78 is 0. The standard InChI is InChI=1S/C11H16N2O3/c1-5-3-7(11(16)8(15)4-14)10(13)6(2)9(5)12/h3,8,14-15H,4,12-13H2,1-2H3. The van der Waals surface area contributed by atoms with E-state index in [1.165, 1.54) is 6.07 Å². The Morgan fingerprint density at radius 1 is 1.38 bits per heavy atom. The van der Waals surface area contributed by atoms with E-state index in [1.807, 2.05) is 0 Å². The van der Waals surface area contributed by atoms with Gasteiger partial charge in [0.2, 0.25) is 0 Å². The number of carbonyl (C=O) groups excluding carboxylic acids is 1. The third-order valence-electron chi connectivity index (χ3n) is 2.62. The highest BCUT2D eigenvalue weighted by molar-refractivity contribution is 6.05. The van der Waals surface area contributed by atoms with Crippen molar-refractivity contribution in [2.75, 3.05) is 18.1 Å². The second-order valence-corrected chi connectivity index (χ2v) is 3.76. The lowest BCUT2D eigenvalue weighted by Crippen LogP contribution is -2.25. The molecule has 6 N–H and O–H groups in total. The summed E-state index contributed by atoms with van der Waals surface area (Å²) in [5, 5.41) is 18.0. The number of Topliss-reactive ketones (excluding diaryl/α,β-unsaturated/α-hetero) is 1. The zero-order valence-electron chi connectivity index (χ0n) is 9.32. The van der Waals surface area contributed by atoms with Crippen molar-refractivity contribution in [1.29, 1.82) is 0 Å². The molecule has 0 spiro atoms. The fraction of sp³-hybridized carbons (Fsp3) is 0.364. The highest BCUT2D eigenvalue weighted by Crippen LogP contribution is 2.27. The second-order valence-electron chi connectivity index (χ2n) is 3.76. The van der Waals surface area contributed by atoms with Gasteiger partial charge < -0.3 is 21.7 Å². The van der Waals surface area contributed by atoms with Gasteiger partial charge in [0, 0.05) is 16.9 Å². The smallest absolute Gasteiger partial charge is 0.195 e. The number of aliphatic hydroxyl groups excluding tert-OH is 2. The Labute approximate surface area is 93.7 Å². The van der Waals surface area contributed by atoms with Gasteiger partial charge in [0.25, 0.3) is 0 Å². The number of aryl methyl sites for hydroxylation is 1. The van der Waals surface area contributed by atoms with Crippen LogP contribution in [-0.4, -0.2) is 28.7 Å². The number of carbonyl (C=O) groups is 1. The highest BCUT2D eigenvalue weighted by atomic mass is 16.3. The molecule has 0 heterocycles. The number of nitrogen functional groups attached to an aromatic ring is 2. The van der Waals surface area contributed by atoms with Crippen LogP contribution < -0.4 is 11.5 Å². The molecule has 0 amide bonds. The summed E-state index contributed by atoms with van der Waals surface area (Å²) in [6, 6.07) is 1.53. The second kappa shape index (κ2) is 4.51. The Morgan fingerprint density at radius 2 is 1.94 bits per heavy atom. The number of ketones is 1. The van der Waals surface area contributed by atoms with Crippen LogP contribution in [0.15, 0.2) is 6.07 Å². The van der Waals surface area contributed by atoms with Crippen LogP contribution in [0.25, 0.3) is 0 Å².